The first-order valence-electron chi connectivity index (χ1n) is 6.71. The van der Waals surface area contributed by atoms with Crippen LogP contribution < -0.4 is 10.1 Å². The summed E-state index contributed by atoms with van der Waals surface area (Å²) in [6.45, 7) is 1.77. The number of rotatable bonds is 5. The Morgan fingerprint density at radius 2 is 1.95 bits per heavy atom. The maximum Gasteiger partial charge on any atom is 0.126 e. The van der Waals surface area contributed by atoms with Crippen molar-refractivity contribution in [2.75, 3.05) is 14.2 Å². The lowest BCUT2D eigenvalue weighted by molar-refractivity contribution is 0.406. The average Bonchev–Trinajstić information content (AvgIpc) is 2.48. The van der Waals surface area contributed by atoms with E-state index in [1.54, 1.807) is 20.1 Å². The van der Waals surface area contributed by atoms with Gasteiger partial charge in [-0.2, -0.15) is 0 Å². The molecule has 20 heavy (non-hydrogen) atoms. The van der Waals surface area contributed by atoms with Crippen LogP contribution in [0, 0.1) is 12.7 Å². The molecular weight excluding hydrogens is 253 g/mol. The van der Waals surface area contributed by atoms with Crippen LogP contribution in [0.1, 0.15) is 22.7 Å². The summed E-state index contributed by atoms with van der Waals surface area (Å²) in [6, 6.07) is 13.4. The molecule has 2 nitrogen and oxygen atoms in total. The fourth-order valence-corrected chi connectivity index (χ4v) is 2.30. The highest BCUT2D eigenvalue weighted by molar-refractivity contribution is 5.35. The minimum atomic E-state index is -0.164. The maximum absolute atomic E-state index is 13.7. The molecule has 2 aromatic rings. The lowest BCUT2D eigenvalue weighted by atomic mass is 9.97. The first-order chi connectivity index (χ1) is 9.65. The summed E-state index contributed by atoms with van der Waals surface area (Å²) < 4.78 is 19.1. The molecule has 106 valence electrons. The Hall–Kier alpha value is -1.87. The second-order valence-corrected chi connectivity index (χ2v) is 4.87. The average molecular weight is 273 g/mol. The van der Waals surface area contributed by atoms with Crippen LogP contribution in [0.5, 0.6) is 5.75 Å². The summed E-state index contributed by atoms with van der Waals surface area (Å²) in [6.07, 6.45) is 0.753. The lowest BCUT2D eigenvalue weighted by Crippen LogP contribution is -2.19. The summed E-state index contributed by atoms with van der Waals surface area (Å²) in [5.41, 5.74) is 2.72. The van der Waals surface area contributed by atoms with E-state index >= 15 is 0 Å². The summed E-state index contributed by atoms with van der Waals surface area (Å²) in [4.78, 5) is 0. The molecule has 0 aliphatic rings. The number of likely N-dealkylation sites (N-methyl/N-ethyl adjacent to an activating group) is 1. The Balaban J connectivity index is 2.26. The van der Waals surface area contributed by atoms with Gasteiger partial charge in [-0.15, -0.1) is 0 Å². The van der Waals surface area contributed by atoms with Gasteiger partial charge in [0.15, 0.2) is 0 Å². The van der Waals surface area contributed by atoms with Crippen molar-refractivity contribution in [1.82, 2.24) is 5.32 Å². The van der Waals surface area contributed by atoms with Gasteiger partial charge in [0, 0.05) is 6.04 Å². The quantitative estimate of drug-likeness (QED) is 0.898. The molecule has 0 heterocycles. The topological polar surface area (TPSA) is 21.3 Å². The van der Waals surface area contributed by atoms with Gasteiger partial charge in [-0.1, -0.05) is 30.3 Å². The van der Waals surface area contributed by atoms with Crippen molar-refractivity contribution in [2.24, 2.45) is 0 Å². The van der Waals surface area contributed by atoms with Crippen molar-refractivity contribution in [1.29, 1.82) is 0 Å². The third-order valence-corrected chi connectivity index (χ3v) is 3.56. The number of hydrogen-bond acceptors (Lipinski definition) is 2. The number of ether oxygens (including phenoxy) is 1. The molecule has 0 aromatic heterocycles. The highest BCUT2D eigenvalue weighted by atomic mass is 19.1. The molecule has 0 bridgehead atoms. The number of benzene rings is 2. The second-order valence-electron chi connectivity index (χ2n) is 4.87. The Kier molecular flexibility index (Phi) is 4.74. The highest BCUT2D eigenvalue weighted by Crippen LogP contribution is 2.25. The monoisotopic (exact) mass is 273 g/mol. The molecule has 0 aliphatic heterocycles. The van der Waals surface area contributed by atoms with Crippen molar-refractivity contribution >= 4 is 0 Å². The zero-order valence-electron chi connectivity index (χ0n) is 12.1. The fourth-order valence-electron chi connectivity index (χ4n) is 2.30. The van der Waals surface area contributed by atoms with Crippen molar-refractivity contribution in [3.63, 3.8) is 0 Å². The zero-order chi connectivity index (χ0) is 14.5. The van der Waals surface area contributed by atoms with Gasteiger partial charge in [0.05, 0.1) is 7.11 Å². The highest BCUT2D eigenvalue weighted by Gasteiger charge is 2.14. The molecule has 0 saturated heterocycles. The molecule has 1 unspecified atom stereocenters. The summed E-state index contributed by atoms with van der Waals surface area (Å²) in [5.74, 6) is 0.697. The Bertz CT molecular complexity index is 583. The van der Waals surface area contributed by atoms with E-state index in [2.05, 4.69) is 5.32 Å². The largest absolute Gasteiger partial charge is 0.496 e. The van der Waals surface area contributed by atoms with Gasteiger partial charge in [0.1, 0.15) is 11.6 Å². The van der Waals surface area contributed by atoms with E-state index in [9.17, 15) is 4.39 Å². The van der Waals surface area contributed by atoms with E-state index < -0.39 is 0 Å². The minimum Gasteiger partial charge on any atom is -0.496 e. The standard InChI is InChI=1S/C17H20FNO/c1-12-8-9-13(10-15(12)18)16(19-2)11-14-6-4-5-7-17(14)20-3/h4-10,16,19H,11H2,1-3H3. The van der Waals surface area contributed by atoms with Gasteiger partial charge < -0.3 is 10.1 Å². The first kappa shape index (κ1) is 14.5. The summed E-state index contributed by atoms with van der Waals surface area (Å²) in [5, 5.41) is 3.24. The third kappa shape index (κ3) is 3.17. The van der Waals surface area contributed by atoms with Gasteiger partial charge in [-0.25, -0.2) is 4.39 Å². The predicted octanol–water partition coefficient (Wildman–Crippen LogP) is 3.65. The van der Waals surface area contributed by atoms with Crippen LogP contribution in [-0.2, 0) is 6.42 Å². The van der Waals surface area contributed by atoms with E-state index in [0.717, 1.165) is 23.3 Å². The second kappa shape index (κ2) is 6.53. The first-order valence-corrected chi connectivity index (χ1v) is 6.71. The molecule has 2 aromatic carbocycles. The number of halogens is 1. The van der Waals surface area contributed by atoms with Crippen LogP contribution >= 0.6 is 0 Å². The van der Waals surface area contributed by atoms with E-state index in [0.29, 0.717) is 5.56 Å². The molecule has 2 rings (SSSR count). The Morgan fingerprint density at radius 1 is 1.20 bits per heavy atom. The predicted molar refractivity (Wildman–Crippen MR) is 79.6 cm³/mol. The van der Waals surface area contributed by atoms with Crippen LogP contribution in [-0.4, -0.2) is 14.2 Å². The van der Waals surface area contributed by atoms with Gasteiger partial charge in [0.25, 0.3) is 0 Å². The molecule has 3 heteroatoms. The van der Waals surface area contributed by atoms with Crippen LogP contribution in [0.15, 0.2) is 42.5 Å². The fraction of sp³-hybridized carbons (Fsp3) is 0.294. The van der Waals surface area contributed by atoms with Gasteiger partial charge in [-0.3, -0.25) is 0 Å². The number of methoxy groups -OCH3 is 1. The molecule has 0 spiro atoms. The molecular formula is C17H20FNO. The third-order valence-electron chi connectivity index (χ3n) is 3.56. The van der Waals surface area contributed by atoms with Crippen molar-refractivity contribution in [3.05, 3.63) is 65.0 Å². The lowest BCUT2D eigenvalue weighted by Gasteiger charge is -2.19. The number of para-hydroxylation sites is 1. The molecule has 0 fully saturated rings. The number of hydrogen-bond donors (Lipinski definition) is 1. The van der Waals surface area contributed by atoms with E-state index in [1.165, 1.54) is 0 Å². The van der Waals surface area contributed by atoms with Crippen molar-refractivity contribution in [2.45, 2.75) is 19.4 Å². The Labute approximate surface area is 119 Å². The molecule has 1 atom stereocenters. The molecule has 0 saturated carbocycles. The van der Waals surface area contributed by atoms with Crippen LogP contribution in [0.3, 0.4) is 0 Å². The molecule has 0 aliphatic carbocycles. The van der Waals surface area contributed by atoms with Crippen LogP contribution in [0.4, 0.5) is 4.39 Å². The van der Waals surface area contributed by atoms with Crippen molar-refractivity contribution in [3.8, 4) is 5.75 Å². The maximum atomic E-state index is 13.7. The van der Waals surface area contributed by atoms with E-state index in [1.807, 2.05) is 43.4 Å². The zero-order valence-corrected chi connectivity index (χ0v) is 12.1. The smallest absolute Gasteiger partial charge is 0.126 e. The molecule has 0 amide bonds. The van der Waals surface area contributed by atoms with Crippen LogP contribution in [0.2, 0.25) is 0 Å². The SMILES string of the molecule is CNC(Cc1ccccc1OC)c1ccc(C)c(F)c1. The van der Waals surface area contributed by atoms with Gasteiger partial charge in [0.2, 0.25) is 0 Å². The van der Waals surface area contributed by atoms with Crippen molar-refractivity contribution < 1.29 is 9.13 Å². The summed E-state index contributed by atoms with van der Waals surface area (Å²) >= 11 is 0. The van der Waals surface area contributed by atoms with Gasteiger partial charge >= 0.3 is 0 Å². The minimum absolute atomic E-state index is 0.0569. The number of nitrogens with one attached hydrogen (secondary N) is 1. The number of aryl methyl sites for hydroxylation is 1. The Morgan fingerprint density at radius 3 is 2.60 bits per heavy atom. The molecule has 0 radical (unpaired) electrons. The van der Waals surface area contributed by atoms with Gasteiger partial charge in [-0.05, 0) is 49.2 Å². The normalized spacial score (nSPS) is 12.2. The summed E-state index contributed by atoms with van der Waals surface area (Å²) in [7, 11) is 3.55. The van der Waals surface area contributed by atoms with Crippen LogP contribution in [0.25, 0.3) is 0 Å². The van der Waals surface area contributed by atoms with E-state index in [4.69, 9.17) is 4.74 Å². The van der Waals surface area contributed by atoms with E-state index in [-0.39, 0.29) is 11.9 Å². The molecule has 1 N–H and O–H groups in total.